The molecule has 22 heavy (non-hydrogen) atoms. The Balaban J connectivity index is 1.73. The van der Waals surface area contributed by atoms with Gasteiger partial charge in [0, 0.05) is 5.92 Å². The molecule has 3 heteroatoms. The molecule has 0 bridgehead atoms. The van der Waals surface area contributed by atoms with E-state index in [2.05, 4.69) is 19.1 Å². The highest BCUT2D eigenvalue weighted by atomic mass is 16.5. The van der Waals surface area contributed by atoms with Gasteiger partial charge in [-0.05, 0) is 72.6 Å². The summed E-state index contributed by atoms with van der Waals surface area (Å²) in [5.41, 5.74) is 2.56. The highest BCUT2D eigenvalue weighted by Gasteiger charge is 2.57. The summed E-state index contributed by atoms with van der Waals surface area (Å²) in [5, 5.41) is 21.3. The molecule has 6 atom stereocenters. The van der Waals surface area contributed by atoms with Gasteiger partial charge in [-0.3, -0.25) is 0 Å². The van der Waals surface area contributed by atoms with Crippen LogP contribution >= 0.6 is 0 Å². The van der Waals surface area contributed by atoms with Gasteiger partial charge in [0.2, 0.25) is 0 Å². The van der Waals surface area contributed by atoms with E-state index in [1.165, 1.54) is 11.1 Å². The molecule has 0 spiro atoms. The van der Waals surface area contributed by atoms with E-state index in [-0.39, 0.29) is 23.5 Å². The van der Waals surface area contributed by atoms with Gasteiger partial charge in [-0.2, -0.15) is 0 Å². The van der Waals surface area contributed by atoms with Crippen molar-refractivity contribution in [2.45, 2.75) is 57.2 Å². The van der Waals surface area contributed by atoms with Crippen molar-refractivity contribution in [2.75, 3.05) is 7.11 Å². The molecule has 3 aliphatic carbocycles. The minimum Gasteiger partial charge on any atom is -0.497 e. The second-order valence-corrected chi connectivity index (χ2v) is 7.77. The van der Waals surface area contributed by atoms with Crippen LogP contribution in [0.15, 0.2) is 18.2 Å². The molecule has 0 amide bonds. The van der Waals surface area contributed by atoms with Crippen LogP contribution in [0, 0.1) is 17.3 Å². The summed E-state index contributed by atoms with van der Waals surface area (Å²) in [6.07, 6.45) is 4.32. The summed E-state index contributed by atoms with van der Waals surface area (Å²) < 4.78 is 5.35. The van der Waals surface area contributed by atoms with Gasteiger partial charge in [0.25, 0.3) is 0 Å². The molecule has 2 saturated carbocycles. The zero-order valence-corrected chi connectivity index (χ0v) is 13.5. The van der Waals surface area contributed by atoms with E-state index in [0.717, 1.165) is 37.9 Å². The van der Waals surface area contributed by atoms with E-state index in [0.29, 0.717) is 11.8 Å². The van der Waals surface area contributed by atoms with Crippen LogP contribution in [0.2, 0.25) is 0 Å². The number of benzene rings is 1. The van der Waals surface area contributed by atoms with Crippen LogP contribution in [-0.2, 0) is 6.42 Å². The summed E-state index contributed by atoms with van der Waals surface area (Å²) >= 11 is 0. The van der Waals surface area contributed by atoms with Crippen LogP contribution in [0.3, 0.4) is 0 Å². The monoisotopic (exact) mass is 302 g/mol. The summed E-state index contributed by atoms with van der Waals surface area (Å²) in [5.74, 6) is 2.19. The third-order valence-corrected chi connectivity index (χ3v) is 6.86. The zero-order chi connectivity index (χ0) is 15.5. The molecule has 0 aliphatic heterocycles. The standard InChI is InChI=1S/C19H26O3/c1-19-10-16(20)18-13-6-4-12(22-2)9-11(13)3-5-14(18)15(19)7-8-17(19)21/h4,6,9,14-18,20-21H,3,5,7-8,10H2,1-2H3/t14-,15-,16+,17-,18+,19-/m0/s1. The zero-order valence-electron chi connectivity index (χ0n) is 13.5. The molecule has 2 fully saturated rings. The lowest BCUT2D eigenvalue weighted by Gasteiger charge is -2.52. The fraction of sp³-hybridized carbons (Fsp3) is 0.684. The molecule has 1 aromatic carbocycles. The van der Waals surface area contributed by atoms with Crippen molar-refractivity contribution < 1.29 is 14.9 Å². The van der Waals surface area contributed by atoms with Crippen LogP contribution < -0.4 is 4.74 Å². The molecule has 3 aliphatic rings. The Morgan fingerprint density at radius 2 is 2.00 bits per heavy atom. The normalized spacial score (nSPS) is 43.2. The van der Waals surface area contributed by atoms with Gasteiger partial charge in [0.15, 0.2) is 0 Å². The van der Waals surface area contributed by atoms with Crippen LogP contribution in [-0.4, -0.2) is 29.5 Å². The van der Waals surface area contributed by atoms with E-state index in [4.69, 9.17) is 4.74 Å². The Labute approximate surface area is 132 Å². The highest BCUT2D eigenvalue weighted by molar-refractivity contribution is 5.41. The number of aliphatic hydroxyl groups excluding tert-OH is 2. The molecule has 1 aromatic rings. The molecule has 2 N–H and O–H groups in total. The predicted octanol–water partition coefficient (Wildman–Crippen LogP) is 2.88. The minimum atomic E-state index is -0.341. The van der Waals surface area contributed by atoms with Gasteiger partial charge >= 0.3 is 0 Å². The van der Waals surface area contributed by atoms with Crippen molar-refractivity contribution in [2.24, 2.45) is 17.3 Å². The average molecular weight is 302 g/mol. The van der Waals surface area contributed by atoms with E-state index >= 15 is 0 Å². The lowest BCUT2D eigenvalue weighted by molar-refractivity contribution is -0.0798. The summed E-state index contributed by atoms with van der Waals surface area (Å²) in [4.78, 5) is 0. The van der Waals surface area contributed by atoms with Gasteiger partial charge < -0.3 is 14.9 Å². The molecular weight excluding hydrogens is 276 g/mol. The first-order valence-corrected chi connectivity index (χ1v) is 8.57. The van der Waals surface area contributed by atoms with E-state index in [1.807, 2.05) is 6.07 Å². The van der Waals surface area contributed by atoms with Gasteiger partial charge in [-0.1, -0.05) is 13.0 Å². The SMILES string of the molecule is COc1ccc2c(c1)CC[C@@H]1[C@@H]2[C@H](O)C[C@]2(C)[C@@H](O)CC[C@@H]12. The molecule has 0 radical (unpaired) electrons. The molecule has 0 heterocycles. The smallest absolute Gasteiger partial charge is 0.119 e. The second kappa shape index (κ2) is 4.97. The van der Waals surface area contributed by atoms with Gasteiger partial charge in [-0.15, -0.1) is 0 Å². The topological polar surface area (TPSA) is 49.7 Å². The number of aliphatic hydroxyl groups is 2. The van der Waals surface area contributed by atoms with Crippen molar-refractivity contribution in [3.05, 3.63) is 29.3 Å². The summed E-state index contributed by atoms with van der Waals surface area (Å²) in [6, 6.07) is 6.31. The molecule has 3 nitrogen and oxygen atoms in total. The predicted molar refractivity (Wildman–Crippen MR) is 85.0 cm³/mol. The molecule has 0 unspecified atom stereocenters. The van der Waals surface area contributed by atoms with E-state index < -0.39 is 0 Å². The molecule has 0 saturated heterocycles. The summed E-state index contributed by atoms with van der Waals surface area (Å²) in [7, 11) is 1.70. The minimum absolute atomic E-state index is 0.0927. The van der Waals surface area contributed by atoms with Crippen molar-refractivity contribution in [3.63, 3.8) is 0 Å². The Morgan fingerprint density at radius 1 is 1.18 bits per heavy atom. The maximum atomic E-state index is 10.9. The summed E-state index contributed by atoms with van der Waals surface area (Å²) in [6.45, 7) is 2.19. The van der Waals surface area contributed by atoms with Crippen LogP contribution in [0.25, 0.3) is 0 Å². The Hall–Kier alpha value is -1.06. The Morgan fingerprint density at radius 3 is 2.77 bits per heavy atom. The van der Waals surface area contributed by atoms with Gasteiger partial charge in [-0.25, -0.2) is 0 Å². The first-order chi connectivity index (χ1) is 10.5. The molecule has 0 aromatic heterocycles. The fourth-order valence-electron chi connectivity index (χ4n) is 5.74. The number of methoxy groups -OCH3 is 1. The van der Waals surface area contributed by atoms with E-state index in [9.17, 15) is 10.2 Å². The number of aryl methyl sites for hydroxylation is 1. The molecule has 120 valence electrons. The fourth-order valence-corrected chi connectivity index (χ4v) is 5.74. The van der Waals surface area contributed by atoms with Crippen molar-refractivity contribution in [1.82, 2.24) is 0 Å². The van der Waals surface area contributed by atoms with Gasteiger partial charge in [0.1, 0.15) is 5.75 Å². The maximum absolute atomic E-state index is 10.9. The number of ether oxygens (including phenoxy) is 1. The first-order valence-electron chi connectivity index (χ1n) is 8.57. The highest BCUT2D eigenvalue weighted by Crippen LogP contribution is 2.60. The number of hydrogen-bond acceptors (Lipinski definition) is 3. The van der Waals surface area contributed by atoms with Crippen molar-refractivity contribution in [3.8, 4) is 5.75 Å². The number of hydrogen-bond donors (Lipinski definition) is 2. The second-order valence-electron chi connectivity index (χ2n) is 7.77. The first kappa shape index (κ1) is 14.5. The van der Waals surface area contributed by atoms with Crippen molar-refractivity contribution in [1.29, 1.82) is 0 Å². The number of fused-ring (bicyclic) bond motifs is 5. The van der Waals surface area contributed by atoms with Crippen molar-refractivity contribution >= 4 is 0 Å². The van der Waals surface area contributed by atoms with Crippen LogP contribution in [0.5, 0.6) is 5.75 Å². The Bertz CT molecular complexity index is 584. The van der Waals surface area contributed by atoms with E-state index in [1.54, 1.807) is 7.11 Å². The number of rotatable bonds is 1. The quantitative estimate of drug-likeness (QED) is 0.838. The third-order valence-electron chi connectivity index (χ3n) is 6.86. The van der Waals surface area contributed by atoms with Crippen LogP contribution in [0.4, 0.5) is 0 Å². The molecule has 4 rings (SSSR count). The van der Waals surface area contributed by atoms with Gasteiger partial charge in [0.05, 0.1) is 19.3 Å². The third kappa shape index (κ3) is 1.88. The van der Waals surface area contributed by atoms with Crippen LogP contribution in [0.1, 0.15) is 49.7 Å². The lowest BCUT2D eigenvalue weighted by Crippen LogP contribution is -2.50. The Kier molecular flexibility index (Phi) is 3.28. The average Bonchev–Trinajstić information content (AvgIpc) is 2.81. The lowest BCUT2D eigenvalue weighted by atomic mass is 9.54. The molecular formula is C19H26O3. The maximum Gasteiger partial charge on any atom is 0.119 e. The largest absolute Gasteiger partial charge is 0.497 e.